The molecule has 0 radical (unpaired) electrons. The number of imidazole rings is 1. The Morgan fingerprint density at radius 1 is 1.57 bits per heavy atom. The van der Waals surface area contributed by atoms with Crippen molar-refractivity contribution >= 4 is 32.9 Å². The zero-order chi connectivity index (χ0) is 10.3. The summed E-state index contributed by atoms with van der Waals surface area (Å²) >= 11 is 3.20. The summed E-state index contributed by atoms with van der Waals surface area (Å²) in [5.41, 5.74) is 2.50. The molecule has 0 aliphatic heterocycles. The molecular formula is C9H7BrN2O2. The van der Waals surface area contributed by atoms with Gasteiger partial charge in [0.2, 0.25) is 0 Å². The van der Waals surface area contributed by atoms with Crippen molar-refractivity contribution in [3.63, 3.8) is 0 Å². The third-order valence-corrected chi connectivity index (χ3v) is 2.41. The van der Waals surface area contributed by atoms with Gasteiger partial charge in [0.05, 0.1) is 16.6 Å². The summed E-state index contributed by atoms with van der Waals surface area (Å²) < 4.78 is 0.606. The summed E-state index contributed by atoms with van der Waals surface area (Å²) in [5, 5.41) is 8.88. The van der Waals surface area contributed by atoms with Crippen LogP contribution in [0.3, 0.4) is 0 Å². The van der Waals surface area contributed by atoms with E-state index in [1.54, 1.807) is 19.1 Å². The first-order valence-electron chi connectivity index (χ1n) is 3.97. The molecule has 0 saturated heterocycles. The van der Waals surface area contributed by atoms with Gasteiger partial charge >= 0.3 is 5.97 Å². The number of aromatic carboxylic acids is 1. The quantitative estimate of drug-likeness (QED) is 0.821. The number of aromatic nitrogens is 2. The Morgan fingerprint density at radius 3 is 2.93 bits per heavy atom. The molecule has 1 heterocycles. The Balaban J connectivity index is 2.76. The highest BCUT2D eigenvalue weighted by molar-refractivity contribution is 9.10. The molecule has 2 aromatic rings. The molecule has 0 unspecified atom stereocenters. The van der Waals surface area contributed by atoms with E-state index < -0.39 is 5.97 Å². The van der Waals surface area contributed by atoms with Crippen molar-refractivity contribution in [2.45, 2.75) is 6.92 Å². The lowest BCUT2D eigenvalue weighted by Gasteiger charge is -1.99. The lowest BCUT2D eigenvalue weighted by Crippen LogP contribution is -1.99. The van der Waals surface area contributed by atoms with Crippen molar-refractivity contribution < 1.29 is 9.90 Å². The molecule has 1 aromatic carbocycles. The Bertz CT molecular complexity index is 519. The normalized spacial score (nSPS) is 10.7. The third-order valence-electron chi connectivity index (χ3n) is 2.03. The van der Waals surface area contributed by atoms with E-state index in [4.69, 9.17) is 5.11 Å². The average Bonchev–Trinajstić information content (AvgIpc) is 2.42. The number of nitrogens with one attached hydrogen (secondary N) is 1. The van der Waals surface area contributed by atoms with Crippen LogP contribution in [0.4, 0.5) is 0 Å². The number of H-pyrrole nitrogens is 1. The highest BCUT2D eigenvalue weighted by Crippen LogP contribution is 2.19. The van der Waals surface area contributed by atoms with Crippen LogP contribution < -0.4 is 0 Å². The van der Waals surface area contributed by atoms with Gasteiger partial charge in [0.25, 0.3) is 0 Å². The minimum Gasteiger partial charge on any atom is -0.478 e. The van der Waals surface area contributed by atoms with Gasteiger partial charge in [0, 0.05) is 0 Å². The van der Waals surface area contributed by atoms with E-state index >= 15 is 0 Å². The number of carbonyl (C=O) groups is 1. The number of carboxylic acids is 1. The largest absolute Gasteiger partial charge is 0.478 e. The lowest BCUT2D eigenvalue weighted by atomic mass is 10.1. The van der Waals surface area contributed by atoms with Crippen molar-refractivity contribution in [1.82, 2.24) is 9.97 Å². The molecule has 0 aliphatic rings. The molecule has 1 aromatic heterocycles. The highest BCUT2D eigenvalue weighted by atomic mass is 79.9. The summed E-state index contributed by atoms with van der Waals surface area (Å²) in [6, 6.07) is 3.34. The molecule has 0 spiro atoms. The van der Waals surface area contributed by atoms with E-state index in [2.05, 4.69) is 25.9 Å². The number of aromatic amines is 1. The summed E-state index contributed by atoms with van der Waals surface area (Å²) in [6.07, 6.45) is 0. The van der Waals surface area contributed by atoms with Crippen LogP contribution in [0.1, 0.15) is 15.9 Å². The SMILES string of the molecule is Cc1cc2[nH]c(Br)nc2cc1C(=O)O. The number of nitrogens with zero attached hydrogens (tertiary/aromatic N) is 1. The van der Waals surface area contributed by atoms with Crippen molar-refractivity contribution in [1.29, 1.82) is 0 Å². The summed E-state index contributed by atoms with van der Waals surface area (Å²) in [6.45, 7) is 1.76. The van der Waals surface area contributed by atoms with Gasteiger partial charge in [-0.2, -0.15) is 0 Å². The molecule has 14 heavy (non-hydrogen) atoms. The number of aryl methyl sites for hydroxylation is 1. The Morgan fingerprint density at radius 2 is 2.29 bits per heavy atom. The molecule has 0 aliphatic carbocycles. The number of fused-ring (bicyclic) bond motifs is 1. The maximum absolute atomic E-state index is 10.8. The predicted molar refractivity (Wildman–Crippen MR) is 55.5 cm³/mol. The molecule has 0 saturated carbocycles. The van der Waals surface area contributed by atoms with E-state index in [-0.39, 0.29) is 5.56 Å². The van der Waals surface area contributed by atoms with Gasteiger partial charge in [0.1, 0.15) is 0 Å². The molecule has 2 N–H and O–H groups in total. The molecule has 4 nitrogen and oxygen atoms in total. The first-order valence-corrected chi connectivity index (χ1v) is 4.76. The number of hydrogen-bond acceptors (Lipinski definition) is 2. The maximum atomic E-state index is 10.8. The van der Waals surface area contributed by atoms with Gasteiger partial charge in [-0.25, -0.2) is 9.78 Å². The first-order chi connectivity index (χ1) is 6.58. The van der Waals surface area contributed by atoms with Crippen LogP contribution in [0.25, 0.3) is 11.0 Å². The molecule has 5 heteroatoms. The topological polar surface area (TPSA) is 66.0 Å². The fraction of sp³-hybridized carbons (Fsp3) is 0.111. The maximum Gasteiger partial charge on any atom is 0.336 e. The van der Waals surface area contributed by atoms with Crippen molar-refractivity contribution in [3.05, 3.63) is 28.0 Å². The average molecular weight is 255 g/mol. The van der Waals surface area contributed by atoms with Crippen LogP contribution >= 0.6 is 15.9 Å². The summed E-state index contributed by atoms with van der Waals surface area (Å²) in [5.74, 6) is -0.927. The van der Waals surface area contributed by atoms with Gasteiger partial charge in [-0.1, -0.05) is 0 Å². The van der Waals surface area contributed by atoms with Gasteiger partial charge in [-0.15, -0.1) is 0 Å². The predicted octanol–water partition coefficient (Wildman–Crippen LogP) is 2.33. The number of hydrogen-bond donors (Lipinski definition) is 2. The van der Waals surface area contributed by atoms with Crippen LogP contribution in [0, 0.1) is 6.92 Å². The molecule has 0 fully saturated rings. The molecule has 2 rings (SSSR count). The second-order valence-electron chi connectivity index (χ2n) is 3.02. The Labute approximate surface area is 88.1 Å². The van der Waals surface area contributed by atoms with Crippen molar-refractivity contribution in [2.24, 2.45) is 0 Å². The molecular weight excluding hydrogens is 248 g/mol. The third kappa shape index (κ3) is 1.39. The summed E-state index contributed by atoms with van der Waals surface area (Å²) in [7, 11) is 0. The monoisotopic (exact) mass is 254 g/mol. The molecule has 0 bridgehead atoms. The van der Waals surface area contributed by atoms with Crippen LogP contribution in [-0.2, 0) is 0 Å². The zero-order valence-electron chi connectivity index (χ0n) is 7.34. The van der Waals surface area contributed by atoms with Crippen molar-refractivity contribution in [3.8, 4) is 0 Å². The van der Waals surface area contributed by atoms with Crippen LogP contribution in [0.5, 0.6) is 0 Å². The second kappa shape index (κ2) is 3.09. The fourth-order valence-electron chi connectivity index (χ4n) is 1.36. The molecule has 0 amide bonds. The van der Waals surface area contributed by atoms with Crippen LogP contribution in [0.15, 0.2) is 16.9 Å². The van der Waals surface area contributed by atoms with Crippen molar-refractivity contribution in [2.75, 3.05) is 0 Å². The van der Waals surface area contributed by atoms with Gasteiger partial charge < -0.3 is 10.1 Å². The van der Waals surface area contributed by atoms with Crippen LogP contribution in [0.2, 0.25) is 0 Å². The van der Waals surface area contributed by atoms with Gasteiger partial charge in [-0.05, 0) is 40.5 Å². The minimum absolute atomic E-state index is 0.288. The smallest absolute Gasteiger partial charge is 0.336 e. The standard InChI is InChI=1S/C9H7BrN2O2/c1-4-2-6-7(12-9(10)11-6)3-5(4)8(13)14/h2-3H,1H3,(H,11,12)(H,13,14). The first kappa shape index (κ1) is 9.21. The summed E-state index contributed by atoms with van der Waals surface area (Å²) in [4.78, 5) is 17.9. The minimum atomic E-state index is -0.927. The number of carboxylic acid groups (broad SMARTS) is 1. The van der Waals surface area contributed by atoms with Gasteiger partial charge in [-0.3, -0.25) is 0 Å². The van der Waals surface area contributed by atoms with E-state index in [0.29, 0.717) is 10.3 Å². The van der Waals surface area contributed by atoms with E-state index in [1.807, 2.05) is 0 Å². The lowest BCUT2D eigenvalue weighted by molar-refractivity contribution is 0.0696. The van der Waals surface area contributed by atoms with E-state index in [1.165, 1.54) is 0 Å². The Hall–Kier alpha value is -1.36. The van der Waals surface area contributed by atoms with E-state index in [9.17, 15) is 4.79 Å². The molecule has 72 valence electrons. The molecule has 0 atom stereocenters. The number of halogens is 1. The van der Waals surface area contributed by atoms with E-state index in [0.717, 1.165) is 11.1 Å². The number of benzene rings is 1. The second-order valence-corrected chi connectivity index (χ2v) is 3.77. The zero-order valence-corrected chi connectivity index (χ0v) is 8.92. The fourth-order valence-corrected chi connectivity index (χ4v) is 1.77. The Kier molecular flexibility index (Phi) is 2.03. The van der Waals surface area contributed by atoms with Crippen LogP contribution in [-0.4, -0.2) is 21.0 Å². The highest BCUT2D eigenvalue weighted by Gasteiger charge is 2.10. The number of rotatable bonds is 1. The van der Waals surface area contributed by atoms with Gasteiger partial charge in [0.15, 0.2) is 4.73 Å².